The standard InChI is InChI=1S/C24H34N4O3/c1-4-25-24(27-21-10-11-22(29-3)23(16-21)31-5-2)26-17-19-6-8-20(9-7-19)18-28-12-14-30-15-13-28/h6-11,16H,4-5,12-15,17-18H2,1-3H3,(H2,25,26,27). The van der Waals surface area contributed by atoms with E-state index in [1.165, 1.54) is 11.1 Å². The van der Waals surface area contributed by atoms with Gasteiger partial charge in [0.2, 0.25) is 0 Å². The number of aliphatic imine (C=N–C) groups is 1. The third-order valence-electron chi connectivity index (χ3n) is 5.02. The van der Waals surface area contributed by atoms with Gasteiger partial charge in [0.25, 0.3) is 0 Å². The number of morpholine rings is 1. The van der Waals surface area contributed by atoms with Crippen molar-refractivity contribution in [3.05, 3.63) is 53.6 Å². The minimum Gasteiger partial charge on any atom is -0.493 e. The summed E-state index contributed by atoms with van der Waals surface area (Å²) in [6.07, 6.45) is 0. The molecule has 7 heteroatoms. The topological polar surface area (TPSA) is 67.4 Å². The van der Waals surface area contributed by atoms with Crippen molar-refractivity contribution in [2.45, 2.75) is 26.9 Å². The highest BCUT2D eigenvalue weighted by Crippen LogP contribution is 2.30. The summed E-state index contributed by atoms with van der Waals surface area (Å²) in [5.41, 5.74) is 3.39. The van der Waals surface area contributed by atoms with E-state index >= 15 is 0 Å². The first-order valence-corrected chi connectivity index (χ1v) is 11.0. The van der Waals surface area contributed by atoms with Crippen molar-refractivity contribution >= 4 is 11.6 Å². The Morgan fingerprint density at radius 3 is 2.45 bits per heavy atom. The van der Waals surface area contributed by atoms with Gasteiger partial charge < -0.3 is 24.8 Å². The quantitative estimate of drug-likeness (QED) is 0.473. The van der Waals surface area contributed by atoms with Crippen LogP contribution in [0.5, 0.6) is 11.5 Å². The fourth-order valence-electron chi connectivity index (χ4n) is 3.40. The van der Waals surface area contributed by atoms with E-state index in [4.69, 9.17) is 19.2 Å². The van der Waals surface area contributed by atoms with Gasteiger partial charge in [0.05, 0.1) is 33.5 Å². The van der Waals surface area contributed by atoms with Gasteiger partial charge in [-0.15, -0.1) is 0 Å². The third kappa shape index (κ3) is 7.15. The molecule has 2 aromatic rings. The Kier molecular flexibility index (Phi) is 8.99. The second-order valence-corrected chi connectivity index (χ2v) is 7.32. The Hall–Kier alpha value is -2.77. The molecule has 0 radical (unpaired) electrons. The molecule has 1 heterocycles. The molecule has 7 nitrogen and oxygen atoms in total. The SMILES string of the molecule is CCNC(=NCc1ccc(CN2CCOCC2)cc1)Nc1ccc(OC)c(OCC)c1. The molecule has 1 saturated heterocycles. The van der Waals surface area contributed by atoms with Crippen molar-refractivity contribution in [3.63, 3.8) is 0 Å². The molecule has 0 bridgehead atoms. The smallest absolute Gasteiger partial charge is 0.196 e. The maximum atomic E-state index is 5.67. The van der Waals surface area contributed by atoms with Gasteiger partial charge >= 0.3 is 0 Å². The summed E-state index contributed by atoms with van der Waals surface area (Å²) in [4.78, 5) is 7.16. The number of hydrogen-bond acceptors (Lipinski definition) is 5. The molecule has 0 amide bonds. The molecule has 0 aromatic heterocycles. The average molecular weight is 427 g/mol. The molecule has 168 valence electrons. The predicted molar refractivity (Wildman–Crippen MR) is 125 cm³/mol. The van der Waals surface area contributed by atoms with Gasteiger partial charge in [0.15, 0.2) is 17.5 Å². The summed E-state index contributed by atoms with van der Waals surface area (Å²) in [7, 11) is 1.64. The average Bonchev–Trinajstić information content (AvgIpc) is 2.80. The van der Waals surface area contributed by atoms with Gasteiger partial charge in [-0.25, -0.2) is 4.99 Å². The predicted octanol–water partition coefficient (Wildman–Crippen LogP) is 3.50. The van der Waals surface area contributed by atoms with Gasteiger partial charge in [-0.2, -0.15) is 0 Å². The molecule has 0 atom stereocenters. The summed E-state index contributed by atoms with van der Waals surface area (Å²) < 4.78 is 16.5. The van der Waals surface area contributed by atoms with Crippen molar-refractivity contribution in [1.29, 1.82) is 0 Å². The van der Waals surface area contributed by atoms with Crippen LogP contribution in [0.15, 0.2) is 47.5 Å². The number of rotatable bonds is 9. The number of ether oxygens (including phenoxy) is 3. The van der Waals surface area contributed by atoms with Crippen molar-refractivity contribution in [2.75, 3.05) is 51.9 Å². The van der Waals surface area contributed by atoms with E-state index in [2.05, 4.69) is 46.7 Å². The Morgan fingerprint density at radius 1 is 1.03 bits per heavy atom. The first-order chi connectivity index (χ1) is 15.2. The van der Waals surface area contributed by atoms with Gasteiger partial charge in [-0.1, -0.05) is 24.3 Å². The zero-order valence-corrected chi connectivity index (χ0v) is 18.8. The molecule has 31 heavy (non-hydrogen) atoms. The second-order valence-electron chi connectivity index (χ2n) is 7.32. The lowest BCUT2D eigenvalue weighted by molar-refractivity contribution is 0.0342. The van der Waals surface area contributed by atoms with Crippen LogP contribution in [0.4, 0.5) is 5.69 Å². The molecular weight excluding hydrogens is 392 g/mol. The largest absolute Gasteiger partial charge is 0.493 e. The molecular formula is C24H34N4O3. The molecule has 0 aliphatic carbocycles. The van der Waals surface area contributed by atoms with Gasteiger partial charge in [-0.05, 0) is 37.1 Å². The van der Waals surface area contributed by atoms with Crippen LogP contribution in [-0.2, 0) is 17.8 Å². The van der Waals surface area contributed by atoms with E-state index < -0.39 is 0 Å². The fourth-order valence-corrected chi connectivity index (χ4v) is 3.40. The molecule has 1 aliphatic heterocycles. The van der Waals surface area contributed by atoms with Crippen LogP contribution in [0.25, 0.3) is 0 Å². The van der Waals surface area contributed by atoms with Crippen LogP contribution in [-0.4, -0.2) is 57.4 Å². The third-order valence-corrected chi connectivity index (χ3v) is 5.02. The Balaban J connectivity index is 1.62. The summed E-state index contributed by atoms with van der Waals surface area (Å²) in [6, 6.07) is 14.5. The lowest BCUT2D eigenvalue weighted by Gasteiger charge is -2.26. The molecule has 0 spiro atoms. The minimum atomic E-state index is 0.579. The zero-order valence-electron chi connectivity index (χ0n) is 18.8. The van der Waals surface area contributed by atoms with Gasteiger partial charge in [0, 0.05) is 37.9 Å². The highest BCUT2D eigenvalue weighted by atomic mass is 16.5. The maximum Gasteiger partial charge on any atom is 0.196 e. The van der Waals surface area contributed by atoms with Crippen molar-refractivity contribution in [3.8, 4) is 11.5 Å². The molecule has 2 N–H and O–H groups in total. The second kappa shape index (κ2) is 12.2. The van der Waals surface area contributed by atoms with Crippen LogP contribution in [0, 0.1) is 0 Å². The number of anilines is 1. The Bertz CT molecular complexity index is 833. The van der Waals surface area contributed by atoms with Crippen molar-refractivity contribution < 1.29 is 14.2 Å². The van der Waals surface area contributed by atoms with Crippen molar-refractivity contribution in [1.82, 2.24) is 10.2 Å². The number of hydrogen-bond donors (Lipinski definition) is 2. The van der Waals surface area contributed by atoms with E-state index in [0.717, 1.165) is 51.0 Å². The van der Waals surface area contributed by atoms with E-state index in [9.17, 15) is 0 Å². The monoisotopic (exact) mass is 426 g/mol. The summed E-state index contributed by atoms with van der Waals surface area (Å²) in [5.74, 6) is 2.15. The van der Waals surface area contributed by atoms with Gasteiger partial charge in [0.1, 0.15) is 0 Å². The minimum absolute atomic E-state index is 0.579. The maximum absolute atomic E-state index is 5.67. The van der Waals surface area contributed by atoms with Gasteiger partial charge in [-0.3, -0.25) is 4.90 Å². The first kappa shape index (κ1) is 22.9. The normalized spacial score (nSPS) is 14.9. The number of nitrogens with zero attached hydrogens (tertiary/aromatic N) is 2. The highest BCUT2D eigenvalue weighted by molar-refractivity contribution is 5.93. The highest BCUT2D eigenvalue weighted by Gasteiger charge is 2.10. The van der Waals surface area contributed by atoms with Crippen LogP contribution >= 0.6 is 0 Å². The van der Waals surface area contributed by atoms with Crippen LogP contribution in [0.1, 0.15) is 25.0 Å². The lowest BCUT2D eigenvalue weighted by atomic mass is 10.1. The number of methoxy groups -OCH3 is 1. The Labute approximate surface area is 185 Å². The zero-order chi connectivity index (χ0) is 21.9. The summed E-state index contributed by atoms with van der Waals surface area (Å²) >= 11 is 0. The number of guanidine groups is 1. The fraction of sp³-hybridized carbons (Fsp3) is 0.458. The van der Waals surface area contributed by atoms with E-state index in [0.29, 0.717) is 24.7 Å². The molecule has 1 fully saturated rings. The number of benzene rings is 2. The summed E-state index contributed by atoms with van der Waals surface area (Å²) in [6.45, 7) is 10.6. The summed E-state index contributed by atoms with van der Waals surface area (Å²) in [5, 5.41) is 6.65. The number of nitrogens with one attached hydrogen (secondary N) is 2. The first-order valence-electron chi connectivity index (χ1n) is 11.0. The van der Waals surface area contributed by atoms with E-state index in [-0.39, 0.29) is 0 Å². The van der Waals surface area contributed by atoms with Crippen molar-refractivity contribution in [2.24, 2.45) is 4.99 Å². The van der Waals surface area contributed by atoms with E-state index in [1.54, 1.807) is 7.11 Å². The lowest BCUT2D eigenvalue weighted by Crippen LogP contribution is -2.35. The molecule has 0 unspecified atom stereocenters. The van der Waals surface area contributed by atoms with Crippen LogP contribution < -0.4 is 20.1 Å². The molecule has 1 aliphatic rings. The van der Waals surface area contributed by atoms with Crippen LogP contribution in [0.3, 0.4) is 0 Å². The molecule has 3 rings (SSSR count). The molecule has 2 aromatic carbocycles. The molecule has 0 saturated carbocycles. The Morgan fingerprint density at radius 2 is 1.77 bits per heavy atom. The van der Waals surface area contributed by atoms with E-state index in [1.807, 2.05) is 25.1 Å². The van der Waals surface area contributed by atoms with Crippen LogP contribution in [0.2, 0.25) is 0 Å².